The zero-order valence-corrected chi connectivity index (χ0v) is 17.9. The summed E-state index contributed by atoms with van der Waals surface area (Å²) in [5.74, 6) is -0.189. The van der Waals surface area contributed by atoms with Crippen molar-refractivity contribution in [3.8, 4) is 11.5 Å². The highest BCUT2D eigenvalue weighted by atomic mass is 16.6. The highest BCUT2D eigenvalue weighted by Crippen LogP contribution is 2.41. The minimum absolute atomic E-state index is 0.116. The normalized spacial score (nSPS) is 11.6. The molecule has 0 amide bonds. The molecule has 0 aliphatic heterocycles. The van der Waals surface area contributed by atoms with Crippen LogP contribution in [-0.4, -0.2) is 30.1 Å². The van der Waals surface area contributed by atoms with Crippen LogP contribution < -0.4 is 9.47 Å². The summed E-state index contributed by atoms with van der Waals surface area (Å²) < 4.78 is 16.5. The molecule has 0 saturated carbocycles. The van der Waals surface area contributed by atoms with Gasteiger partial charge in [-0.15, -0.1) is 0 Å². The van der Waals surface area contributed by atoms with Gasteiger partial charge in [-0.1, -0.05) is 42.5 Å². The van der Waals surface area contributed by atoms with E-state index >= 15 is 0 Å². The summed E-state index contributed by atoms with van der Waals surface area (Å²) in [6, 6.07) is 20.3. The second kappa shape index (κ2) is 9.35. The molecule has 0 N–H and O–H groups in total. The molecule has 0 bridgehead atoms. The first kappa shape index (κ1) is 21.8. The fourth-order valence-corrected chi connectivity index (χ4v) is 3.62. The van der Waals surface area contributed by atoms with Gasteiger partial charge in [0, 0.05) is 11.6 Å². The number of aromatic nitrogens is 1. The Bertz CT molecular complexity index is 1320. The third-order valence-electron chi connectivity index (χ3n) is 5.20. The van der Waals surface area contributed by atoms with Crippen LogP contribution in [0.3, 0.4) is 0 Å². The van der Waals surface area contributed by atoms with Crippen LogP contribution in [-0.2, 0) is 4.74 Å². The van der Waals surface area contributed by atoms with E-state index in [2.05, 4.69) is 4.98 Å². The zero-order chi connectivity index (χ0) is 23.4. The molecule has 4 rings (SSSR count). The summed E-state index contributed by atoms with van der Waals surface area (Å²) in [5.41, 5.74) is 0.512. The van der Waals surface area contributed by atoms with Gasteiger partial charge in [-0.05, 0) is 29.7 Å². The number of methoxy groups -OCH3 is 2. The molecule has 4 aromatic rings. The molecular weight excluding hydrogens is 424 g/mol. The van der Waals surface area contributed by atoms with E-state index in [1.165, 1.54) is 26.4 Å². The number of pyridine rings is 1. The third kappa shape index (κ3) is 4.31. The molecular formula is C25H20N2O6. The highest BCUT2D eigenvalue weighted by molar-refractivity contribution is 5.90. The molecule has 33 heavy (non-hydrogen) atoms. The summed E-state index contributed by atoms with van der Waals surface area (Å²) in [4.78, 5) is 28.9. The maximum Gasteiger partial charge on any atom is 0.339 e. The van der Waals surface area contributed by atoms with E-state index < -0.39 is 17.0 Å². The van der Waals surface area contributed by atoms with Crippen molar-refractivity contribution in [2.45, 2.75) is 6.10 Å². The molecule has 0 spiro atoms. The second-order valence-corrected chi connectivity index (χ2v) is 7.09. The van der Waals surface area contributed by atoms with Crippen LogP contribution in [0.4, 0.5) is 5.69 Å². The fourth-order valence-electron chi connectivity index (χ4n) is 3.62. The highest BCUT2D eigenvalue weighted by Gasteiger charge is 2.32. The molecule has 166 valence electrons. The summed E-state index contributed by atoms with van der Waals surface area (Å²) in [7, 11) is 2.81. The van der Waals surface area contributed by atoms with Crippen LogP contribution in [0.5, 0.6) is 11.5 Å². The Labute approximate surface area is 189 Å². The van der Waals surface area contributed by atoms with Crippen molar-refractivity contribution >= 4 is 22.4 Å². The molecule has 0 aliphatic carbocycles. The van der Waals surface area contributed by atoms with Gasteiger partial charge in [-0.2, -0.15) is 0 Å². The van der Waals surface area contributed by atoms with Crippen molar-refractivity contribution in [1.82, 2.24) is 4.98 Å². The zero-order valence-electron chi connectivity index (χ0n) is 17.9. The van der Waals surface area contributed by atoms with Gasteiger partial charge in [-0.3, -0.25) is 15.1 Å². The number of ether oxygens (including phenoxy) is 3. The van der Waals surface area contributed by atoms with E-state index in [9.17, 15) is 14.9 Å². The van der Waals surface area contributed by atoms with Gasteiger partial charge >= 0.3 is 5.97 Å². The lowest BCUT2D eigenvalue weighted by atomic mass is 9.98. The lowest BCUT2D eigenvalue weighted by Gasteiger charge is -2.21. The van der Waals surface area contributed by atoms with Crippen molar-refractivity contribution in [1.29, 1.82) is 0 Å². The second-order valence-electron chi connectivity index (χ2n) is 7.09. The van der Waals surface area contributed by atoms with E-state index in [1.54, 1.807) is 36.5 Å². The van der Waals surface area contributed by atoms with Crippen molar-refractivity contribution in [3.05, 3.63) is 106 Å². The molecule has 3 aromatic carbocycles. The Morgan fingerprint density at radius 3 is 2.30 bits per heavy atom. The molecule has 1 aromatic heterocycles. The predicted octanol–water partition coefficient (Wildman–Crippen LogP) is 5.11. The maximum atomic E-state index is 13.0. The van der Waals surface area contributed by atoms with Crippen LogP contribution in [0.2, 0.25) is 0 Å². The number of nitro benzene ring substituents is 1. The molecule has 0 saturated heterocycles. The number of nitrogens with zero attached hydrogens (tertiary/aromatic N) is 2. The summed E-state index contributed by atoms with van der Waals surface area (Å²) in [6.45, 7) is 0. The first-order chi connectivity index (χ1) is 16.0. The van der Waals surface area contributed by atoms with Gasteiger partial charge in [0.2, 0.25) is 0 Å². The maximum absolute atomic E-state index is 13.0. The van der Waals surface area contributed by atoms with Crippen molar-refractivity contribution in [2.75, 3.05) is 14.2 Å². The summed E-state index contributed by atoms with van der Waals surface area (Å²) >= 11 is 0. The molecule has 8 heteroatoms. The smallest absolute Gasteiger partial charge is 0.339 e. The average Bonchev–Trinajstić information content (AvgIpc) is 2.86. The van der Waals surface area contributed by atoms with E-state index in [-0.39, 0.29) is 22.7 Å². The van der Waals surface area contributed by atoms with Gasteiger partial charge in [-0.25, -0.2) is 4.79 Å². The van der Waals surface area contributed by atoms with Crippen LogP contribution in [0.25, 0.3) is 10.8 Å². The van der Waals surface area contributed by atoms with Crippen LogP contribution in [0, 0.1) is 10.1 Å². The lowest BCUT2D eigenvalue weighted by molar-refractivity contribution is -0.386. The largest absolute Gasteiger partial charge is 0.493 e. The van der Waals surface area contributed by atoms with Gasteiger partial charge in [0.15, 0.2) is 17.6 Å². The van der Waals surface area contributed by atoms with Crippen molar-refractivity contribution in [3.63, 3.8) is 0 Å². The minimum atomic E-state index is -1.18. The molecule has 1 unspecified atom stereocenters. The number of hydrogen-bond donors (Lipinski definition) is 0. The SMILES string of the molecule is COc1cc(C(OC(=O)c2ccccc2)c2nccc3ccccc23)c([N+](=O)[O-])cc1OC. The Morgan fingerprint density at radius 2 is 1.61 bits per heavy atom. The molecule has 0 aliphatic rings. The average molecular weight is 444 g/mol. The van der Waals surface area contributed by atoms with Crippen molar-refractivity contribution in [2.24, 2.45) is 0 Å². The van der Waals surface area contributed by atoms with Crippen LogP contribution >= 0.6 is 0 Å². The summed E-state index contributed by atoms with van der Waals surface area (Å²) in [5, 5.41) is 13.5. The summed E-state index contributed by atoms with van der Waals surface area (Å²) in [6.07, 6.45) is 0.400. The molecule has 0 radical (unpaired) electrons. The van der Waals surface area contributed by atoms with Gasteiger partial charge in [0.05, 0.1) is 42.0 Å². The topological polar surface area (TPSA) is 101 Å². The van der Waals surface area contributed by atoms with Crippen LogP contribution in [0.1, 0.15) is 27.7 Å². The molecule has 1 heterocycles. The number of benzene rings is 3. The van der Waals surface area contributed by atoms with Crippen LogP contribution in [0.15, 0.2) is 79.0 Å². The van der Waals surface area contributed by atoms with Gasteiger partial charge < -0.3 is 14.2 Å². The minimum Gasteiger partial charge on any atom is -0.493 e. The first-order valence-electron chi connectivity index (χ1n) is 10.0. The van der Waals surface area contributed by atoms with E-state index in [0.29, 0.717) is 16.6 Å². The predicted molar refractivity (Wildman–Crippen MR) is 122 cm³/mol. The van der Waals surface area contributed by atoms with Crippen molar-refractivity contribution < 1.29 is 23.9 Å². The number of carbonyl (C=O) groups excluding carboxylic acids is 1. The number of nitro groups is 1. The number of esters is 1. The molecule has 0 fully saturated rings. The number of carbonyl (C=O) groups is 1. The van der Waals surface area contributed by atoms with E-state index in [1.807, 2.05) is 30.3 Å². The first-order valence-corrected chi connectivity index (χ1v) is 10.0. The van der Waals surface area contributed by atoms with Gasteiger partial charge in [0.1, 0.15) is 0 Å². The van der Waals surface area contributed by atoms with E-state index in [4.69, 9.17) is 14.2 Å². The third-order valence-corrected chi connectivity index (χ3v) is 5.20. The standard InChI is InChI=1S/C25H20N2O6/c1-31-21-14-19(20(27(29)30)15-22(21)32-2)24(33-25(28)17-9-4-3-5-10-17)23-18-11-7-6-8-16(18)12-13-26-23/h3-15,24H,1-2H3. The Hall–Kier alpha value is -4.46. The number of hydrogen-bond acceptors (Lipinski definition) is 7. The monoisotopic (exact) mass is 444 g/mol. The Morgan fingerprint density at radius 1 is 0.939 bits per heavy atom. The number of fused-ring (bicyclic) bond motifs is 1. The Kier molecular flexibility index (Phi) is 6.17. The fraction of sp³-hybridized carbons (Fsp3) is 0.120. The van der Waals surface area contributed by atoms with Gasteiger partial charge in [0.25, 0.3) is 5.69 Å². The molecule has 1 atom stereocenters. The number of rotatable bonds is 7. The lowest BCUT2D eigenvalue weighted by Crippen LogP contribution is -2.16. The Balaban J connectivity index is 1.95. The molecule has 8 nitrogen and oxygen atoms in total. The quantitative estimate of drug-likeness (QED) is 0.222. The van der Waals surface area contributed by atoms with E-state index in [0.717, 1.165) is 5.39 Å².